The standard InChI is InChI=1S/C24H38FN/c1-23(2)16-20(17-24(3,4)18-23)22-9-6-5-8-21(22)19-10-14-26(15-11-19)13-7-12-25/h5-6,8-9,19-20H,7,10-18H2,1-4H3. The van der Waals surface area contributed by atoms with E-state index in [0.717, 1.165) is 19.6 Å². The number of rotatable bonds is 5. The van der Waals surface area contributed by atoms with E-state index in [2.05, 4.69) is 56.9 Å². The maximum absolute atomic E-state index is 12.4. The molecular formula is C24H38FN. The summed E-state index contributed by atoms with van der Waals surface area (Å²) in [6, 6.07) is 9.27. The molecule has 1 heterocycles. The Balaban J connectivity index is 1.75. The predicted molar refractivity (Wildman–Crippen MR) is 110 cm³/mol. The molecule has 1 nitrogen and oxygen atoms in total. The minimum Gasteiger partial charge on any atom is -0.303 e. The molecule has 1 aliphatic carbocycles. The van der Waals surface area contributed by atoms with Crippen molar-refractivity contribution in [3.8, 4) is 0 Å². The fourth-order valence-corrected chi connectivity index (χ4v) is 6.07. The third-order valence-electron chi connectivity index (χ3n) is 6.63. The van der Waals surface area contributed by atoms with E-state index >= 15 is 0 Å². The fourth-order valence-electron chi connectivity index (χ4n) is 6.07. The Bertz CT molecular complexity index is 568. The smallest absolute Gasteiger partial charge is 0.0906 e. The Hall–Kier alpha value is -0.890. The molecule has 2 heteroatoms. The van der Waals surface area contributed by atoms with Crippen LogP contribution in [0, 0.1) is 10.8 Å². The summed E-state index contributed by atoms with van der Waals surface area (Å²) >= 11 is 0. The average Bonchev–Trinajstić information content (AvgIpc) is 2.58. The highest BCUT2D eigenvalue weighted by molar-refractivity contribution is 5.34. The predicted octanol–water partition coefficient (Wildman–Crippen LogP) is 6.55. The molecule has 26 heavy (non-hydrogen) atoms. The van der Waals surface area contributed by atoms with Crippen LogP contribution in [0.5, 0.6) is 0 Å². The molecule has 0 bridgehead atoms. The van der Waals surface area contributed by atoms with Gasteiger partial charge >= 0.3 is 0 Å². The first-order chi connectivity index (χ1) is 12.3. The quantitative estimate of drug-likeness (QED) is 0.576. The first kappa shape index (κ1) is 19.9. The number of halogens is 1. The molecule has 1 aromatic rings. The van der Waals surface area contributed by atoms with E-state index in [1.807, 2.05) is 0 Å². The minimum absolute atomic E-state index is 0.185. The van der Waals surface area contributed by atoms with E-state index in [1.165, 1.54) is 32.1 Å². The van der Waals surface area contributed by atoms with Gasteiger partial charge in [-0.2, -0.15) is 0 Å². The van der Waals surface area contributed by atoms with Gasteiger partial charge < -0.3 is 4.90 Å². The van der Waals surface area contributed by atoms with E-state index in [9.17, 15) is 4.39 Å². The van der Waals surface area contributed by atoms with Crippen LogP contribution in [0.3, 0.4) is 0 Å². The highest BCUT2D eigenvalue weighted by atomic mass is 19.1. The molecule has 0 spiro atoms. The Morgan fingerprint density at radius 1 is 0.923 bits per heavy atom. The number of piperidine rings is 1. The molecule has 0 atom stereocenters. The zero-order chi connectivity index (χ0) is 18.8. The fraction of sp³-hybridized carbons (Fsp3) is 0.750. The van der Waals surface area contributed by atoms with Crippen molar-refractivity contribution in [2.75, 3.05) is 26.3 Å². The van der Waals surface area contributed by atoms with Gasteiger partial charge in [-0.05, 0) is 85.4 Å². The summed E-state index contributed by atoms with van der Waals surface area (Å²) < 4.78 is 12.4. The first-order valence-electron chi connectivity index (χ1n) is 10.7. The zero-order valence-electron chi connectivity index (χ0n) is 17.4. The molecule has 2 aliphatic rings. The molecule has 1 aromatic carbocycles. The Labute approximate surface area is 160 Å². The molecule has 3 rings (SSSR count). The number of nitrogens with zero attached hydrogens (tertiary/aromatic N) is 1. The maximum Gasteiger partial charge on any atom is 0.0906 e. The van der Waals surface area contributed by atoms with Crippen molar-refractivity contribution in [1.29, 1.82) is 0 Å². The lowest BCUT2D eigenvalue weighted by Crippen LogP contribution is -2.35. The van der Waals surface area contributed by atoms with Crippen molar-refractivity contribution in [2.45, 2.75) is 78.1 Å². The Morgan fingerprint density at radius 2 is 1.46 bits per heavy atom. The van der Waals surface area contributed by atoms with Crippen LogP contribution in [0.25, 0.3) is 0 Å². The van der Waals surface area contributed by atoms with Gasteiger partial charge in [-0.3, -0.25) is 4.39 Å². The largest absolute Gasteiger partial charge is 0.303 e. The van der Waals surface area contributed by atoms with E-state index in [0.29, 0.717) is 29.1 Å². The molecule has 0 N–H and O–H groups in total. The highest BCUT2D eigenvalue weighted by Crippen LogP contribution is 2.52. The van der Waals surface area contributed by atoms with Crippen molar-refractivity contribution < 1.29 is 4.39 Å². The van der Waals surface area contributed by atoms with Gasteiger partial charge in [-0.15, -0.1) is 0 Å². The third-order valence-corrected chi connectivity index (χ3v) is 6.63. The number of likely N-dealkylation sites (tertiary alicyclic amines) is 1. The van der Waals surface area contributed by atoms with E-state index in [-0.39, 0.29) is 6.67 Å². The van der Waals surface area contributed by atoms with Crippen LogP contribution in [0.2, 0.25) is 0 Å². The molecule has 0 amide bonds. The van der Waals surface area contributed by atoms with Gasteiger partial charge in [-0.25, -0.2) is 0 Å². The van der Waals surface area contributed by atoms with Crippen molar-refractivity contribution in [3.63, 3.8) is 0 Å². The van der Waals surface area contributed by atoms with Gasteiger partial charge in [0, 0.05) is 6.54 Å². The Morgan fingerprint density at radius 3 is 2.00 bits per heavy atom. The molecule has 0 unspecified atom stereocenters. The van der Waals surface area contributed by atoms with Crippen LogP contribution < -0.4 is 0 Å². The summed E-state index contributed by atoms with van der Waals surface area (Å²) in [4.78, 5) is 2.45. The van der Waals surface area contributed by atoms with Crippen LogP contribution in [-0.4, -0.2) is 31.2 Å². The van der Waals surface area contributed by atoms with Crippen molar-refractivity contribution >= 4 is 0 Å². The second-order valence-electron chi connectivity index (χ2n) is 10.4. The molecule has 0 radical (unpaired) electrons. The molecule has 1 saturated carbocycles. The summed E-state index contributed by atoms with van der Waals surface area (Å²) in [5, 5.41) is 0. The van der Waals surface area contributed by atoms with Crippen LogP contribution in [0.1, 0.15) is 89.2 Å². The van der Waals surface area contributed by atoms with Gasteiger partial charge in [0.15, 0.2) is 0 Å². The summed E-state index contributed by atoms with van der Waals surface area (Å²) in [7, 11) is 0. The molecule has 2 fully saturated rings. The normalized spacial score (nSPS) is 24.7. The van der Waals surface area contributed by atoms with Gasteiger partial charge in [0.2, 0.25) is 0 Å². The lowest BCUT2D eigenvalue weighted by molar-refractivity contribution is 0.0962. The molecule has 146 valence electrons. The van der Waals surface area contributed by atoms with Crippen molar-refractivity contribution in [2.24, 2.45) is 10.8 Å². The molecule has 1 aliphatic heterocycles. The topological polar surface area (TPSA) is 3.24 Å². The van der Waals surface area contributed by atoms with Crippen molar-refractivity contribution in [3.05, 3.63) is 35.4 Å². The number of hydrogen-bond donors (Lipinski definition) is 0. The van der Waals surface area contributed by atoms with E-state index in [1.54, 1.807) is 11.1 Å². The summed E-state index contributed by atoms with van der Waals surface area (Å²) in [5.74, 6) is 1.37. The number of hydrogen-bond acceptors (Lipinski definition) is 1. The second kappa shape index (κ2) is 8.00. The summed E-state index contributed by atoms with van der Waals surface area (Å²) in [6.07, 6.45) is 7.08. The number of alkyl halides is 1. The molecule has 1 saturated heterocycles. The third kappa shape index (κ3) is 4.88. The van der Waals surface area contributed by atoms with Gasteiger partial charge in [0.25, 0.3) is 0 Å². The van der Waals surface area contributed by atoms with Crippen molar-refractivity contribution in [1.82, 2.24) is 4.90 Å². The lowest BCUT2D eigenvalue weighted by atomic mass is 9.59. The van der Waals surface area contributed by atoms with Crippen LogP contribution in [0.15, 0.2) is 24.3 Å². The minimum atomic E-state index is -0.185. The van der Waals surface area contributed by atoms with Gasteiger partial charge in [0.05, 0.1) is 6.67 Å². The monoisotopic (exact) mass is 359 g/mol. The maximum atomic E-state index is 12.4. The summed E-state index contributed by atoms with van der Waals surface area (Å²) in [5.41, 5.74) is 4.08. The Kier molecular flexibility index (Phi) is 6.11. The summed E-state index contributed by atoms with van der Waals surface area (Å²) in [6.45, 7) is 12.8. The van der Waals surface area contributed by atoms with Crippen LogP contribution >= 0.6 is 0 Å². The first-order valence-corrected chi connectivity index (χ1v) is 10.7. The second-order valence-corrected chi connectivity index (χ2v) is 10.4. The highest BCUT2D eigenvalue weighted by Gasteiger charge is 2.39. The SMILES string of the molecule is CC1(C)CC(c2ccccc2C2CCN(CCCF)CC2)CC(C)(C)C1. The zero-order valence-corrected chi connectivity index (χ0v) is 17.4. The van der Waals surface area contributed by atoms with Gasteiger partial charge in [0.1, 0.15) is 0 Å². The van der Waals surface area contributed by atoms with Crippen LogP contribution in [-0.2, 0) is 0 Å². The van der Waals surface area contributed by atoms with Gasteiger partial charge in [-0.1, -0.05) is 52.0 Å². The van der Waals surface area contributed by atoms with Crippen LogP contribution in [0.4, 0.5) is 4.39 Å². The van der Waals surface area contributed by atoms with E-state index in [4.69, 9.17) is 0 Å². The molecular weight excluding hydrogens is 321 g/mol. The van der Waals surface area contributed by atoms with E-state index < -0.39 is 0 Å². The number of benzene rings is 1. The molecule has 0 aromatic heterocycles. The average molecular weight is 360 g/mol. The lowest BCUT2D eigenvalue weighted by Gasteiger charge is -2.46.